The lowest BCUT2D eigenvalue weighted by atomic mass is 9.43. The predicted molar refractivity (Wildman–Crippen MR) is 168 cm³/mol. The summed E-state index contributed by atoms with van der Waals surface area (Å²) in [7, 11) is -6.58. The summed E-state index contributed by atoms with van der Waals surface area (Å²) in [6, 6.07) is 0. The van der Waals surface area contributed by atoms with E-state index in [1.165, 1.54) is 20.8 Å². The fourth-order valence-corrected chi connectivity index (χ4v) is 11.1. The van der Waals surface area contributed by atoms with Gasteiger partial charge in [-0.05, 0) is 86.4 Å². The van der Waals surface area contributed by atoms with Crippen molar-refractivity contribution >= 4 is 34.0 Å². The lowest BCUT2D eigenvalue weighted by Gasteiger charge is -2.64. The van der Waals surface area contributed by atoms with E-state index >= 15 is 0 Å². The molecule has 11 nitrogen and oxygen atoms in total. The Labute approximate surface area is 294 Å². The van der Waals surface area contributed by atoms with Crippen LogP contribution in [-0.4, -0.2) is 72.7 Å². The van der Waals surface area contributed by atoms with Gasteiger partial charge in [-0.3, -0.25) is 23.7 Å². The van der Waals surface area contributed by atoms with Gasteiger partial charge in [0.05, 0.1) is 0 Å². The standard InChI is InChI=1S/C34H49F5O11S/c1-7-20(8-11-28(43)50-30(33(35,36)37)34(38,39)51(44,45)46)23-9-10-24-29-25(16-27(32(23,24)6)49-19(4)42)31(5)13-12-22(47-17(2)40)14-21(31)15-26(29)48-18(3)41/h20-27,29-30H,7-16H2,1-6H3,(H,44,45,46)/t20?,21?,22?,23?,24-,25-,26?,27?,29?,30?,31?,32+/m0/s1. The van der Waals surface area contributed by atoms with E-state index in [0.29, 0.717) is 44.9 Å². The van der Waals surface area contributed by atoms with Crippen molar-refractivity contribution in [2.24, 2.45) is 46.3 Å². The molecule has 0 aromatic carbocycles. The van der Waals surface area contributed by atoms with Crippen LogP contribution in [0.1, 0.15) is 106 Å². The van der Waals surface area contributed by atoms with Gasteiger partial charge in [-0.15, -0.1) is 0 Å². The molecule has 4 aliphatic carbocycles. The third kappa shape index (κ3) is 8.03. The first kappa shape index (κ1) is 41.2. The molecule has 0 saturated heterocycles. The number of alkyl halides is 5. The van der Waals surface area contributed by atoms with Crippen LogP contribution in [0, 0.1) is 46.3 Å². The molecule has 292 valence electrons. The molecule has 51 heavy (non-hydrogen) atoms. The molecule has 0 aromatic rings. The highest BCUT2D eigenvalue weighted by atomic mass is 32.2. The Kier molecular flexibility index (Phi) is 11.9. The van der Waals surface area contributed by atoms with Crippen LogP contribution in [0.4, 0.5) is 22.0 Å². The van der Waals surface area contributed by atoms with Crippen molar-refractivity contribution in [2.75, 3.05) is 0 Å². The minimum atomic E-state index is -6.58. The maximum Gasteiger partial charge on any atom is 0.432 e. The molecule has 0 heterocycles. The molecule has 0 bridgehead atoms. The molecule has 1 N–H and O–H groups in total. The van der Waals surface area contributed by atoms with Gasteiger partial charge in [0, 0.05) is 38.5 Å². The lowest BCUT2D eigenvalue weighted by Crippen LogP contribution is -2.63. The third-order valence-corrected chi connectivity index (χ3v) is 13.6. The monoisotopic (exact) mass is 760 g/mol. The number of esters is 4. The number of fused-ring (bicyclic) bond motifs is 5. The quantitative estimate of drug-likeness (QED) is 0.107. The van der Waals surface area contributed by atoms with Crippen LogP contribution in [0.2, 0.25) is 0 Å². The fourth-order valence-electron chi connectivity index (χ4n) is 10.6. The van der Waals surface area contributed by atoms with Crippen molar-refractivity contribution in [3.05, 3.63) is 0 Å². The van der Waals surface area contributed by atoms with E-state index in [-0.39, 0.29) is 59.4 Å². The molecule has 0 radical (unpaired) electrons. The second-order valence-corrected chi connectivity index (χ2v) is 16.9. The maximum atomic E-state index is 14.1. The van der Waals surface area contributed by atoms with E-state index in [1.54, 1.807) is 6.92 Å². The first-order valence-electron chi connectivity index (χ1n) is 17.5. The molecule has 4 fully saturated rings. The van der Waals surface area contributed by atoms with Gasteiger partial charge < -0.3 is 18.9 Å². The Balaban J connectivity index is 1.63. The summed E-state index contributed by atoms with van der Waals surface area (Å²) >= 11 is 0. The van der Waals surface area contributed by atoms with Gasteiger partial charge in [-0.1, -0.05) is 27.2 Å². The van der Waals surface area contributed by atoms with Gasteiger partial charge in [-0.25, -0.2) is 0 Å². The molecule has 12 atom stereocenters. The van der Waals surface area contributed by atoms with Crippen LogP contribution in [0.5, 0.6) is 0 Å². The van der Waals surface area contributed by atoms with E-state index in [1.807, 2.05) is 6.92 Å². The molecule has 17 heteroatoms. The third-order valence-electron chi connectivity index (χ3n) is 12.7. The summed E-state index contributed by atoms with van der Waals surface area (Å²) in [6.45, 7) is 10.0. The van der Waals surface area contributed by atoms with E-state index in [0.717, 1.165) is 6.42 Å². The van der Waals surface area contributed by atoms with Crippen LogP contribution in [0.15, 0.2) is 0 Å². The Morgan fingerprint density at radius 3 is 2.00 bits per heavy atom. The molecule has 4 rings (SSSR count). The molecule has 0 aromatic heterocycles. The molecule has 0 aliphatic heterocycles. The van der Waals surface area contributed by atoms with Crippen molar-refractivity contribution in [1.29, 1.82) is 0 Å². The van der Waals surface area contributed by atoms with E-state index in [9.17, 15) is 49.5 Å². The van der Waals surface area contributed by atoms with Gasteiger partial charge in [-0.2, -0.15) is 30.4 Å². The van der Waals surface area contributed by atoms with Gasteiger partial charge in [0.1, 0.15) is 18.3 Å². The van der Waals surface area contributed by atoms with E-state index in [2.05, 4.69) is 11.7 Å². The largest absolute Gasteiger partial charge is 0.463 e. The summed E-state index contributed by atoms with van der Waals surface area (Å²) in [6.07, 6.45) is -8.07. The highest BCUT2D eigenvalue weighted by Crippen LogP contribution is 2.69. The summed E-state index contributed by atoms with van der Waals surface area (Å²) < 4.78 is 121. The molecule has 4 saturated carbocycles. The fraction of sp³-hybridized carbons (Fsp3) is 0.882. The second kappa shape index (κ2) is 14.7. The lowest BCUT2D eigenvalue weighted by molar-refractivity contribution is -0.259. The Morgan fingerprint density at radius 1 is 0.863 bits per heavy atom. The topological polar surface area (TPSA) is 160 Å². The molecular formula is C34H49F5O11S. The first-order chi connectivity index (χ1) is 23.4. The van der Waals surface area contributed by atoms with Gasteiger partial charge in [0.2, 0.25) is 0 Å². The highest BCUT2D eigenvalue weighted by molar-refractivity contribution is 7.86. The van der Waals surface area contributed by atoms with Gasteiger partial charge in [0.25, 0.3) is 6.10 Å². The molecular weight excluding hydrogens is 711 g/mol. The van der Waals surface area contributed by atoms with Crippen LogP contribution < -0.4 is 0 Å². The smallest absolute Gasteiger partial charge is 0.432 e. The van der Waals surface area contributed by atoms with Crippen molar-refractivity contribution in [1.82, 2.24) is 0 Å². The number of carbonyl (C=O) groups excluding carboxylic acids is 4. The number of carbonyl (C=O) groups is 4. The van der Waals surface area contributed by atoms with E-state index in [4.69, 9.17) is 18.8 Å². The van der Waals surface area contributed by atoms with Crippen molar-refractivity contribution in [3.63, 3.8) is 0 Å². The predicted octanol–water partition coefficient (Wildman–Crippen LogP) is 6.42. The van der Waals surface area contributed by atoms with Crippen LogP contribution in [-0.2, 0) is 48.2 Å². The summed E-state index contributed by atoms with van der Waals surface area (Å²) in [5.41, 5.74) is -0.997. The number of halogens is 5. The second-order valence-electron chi connectivity index (χ2n) is 15.4. The minimum absolute atomic E-state index is 0.0427. The van der Waals surface area contributed by atoms with Crippen LogP contribution in [0.3, 0.4) is 0 Å². The van der Waals surface area contributed by atoms with Crippen molar-refractivity contribution < 1.29 is 73.0 Å². The normalized spacial score (nSPS) is 36.4. The Morgan fingerprint density at radius 2 is 1.47 bits per heavy atom. The Hall–Kier alpha value is -2.56. The number of ether oxygens (including phenoxy) is 4. The highest BCUT2D eigenvalue weighted by Gasteiger charge is 2.68. The SMILES string of the molecule is CCC(CCC(=O)OC(C(F)(F)F)C(F)(F)S(=O)(=O)O)C1CC[C@H]2C3C(OC(C)=O)CC4CC(OC(C)=O)CCC4(C)[C@H]3CC(OC(C)=O)[C@]12C. The number of rotatable bonds is 11. The zero-order chi connectivity index (χ0) is 38.5. The molecule has 0 spiro atoms. The zero-order valence-corrected chi connectivity index (χ0v) is 30.5. The molecule has 9 unspecified atom stereocenters. The number of hydrogen-bond donors (Lipinski definition) is 1. The van der Waals surface area contributed by atoms with Crippen molar-refractivity contribution in [2.45, 2.75) is 142 Å². The van der Waals surface area contributed by atoms with Gasteiger partial charge in [0.15, 0.2) is 0 Å². The summed E-state index contributed by atoms with van der Waals surface area (Å²) in [5, 5.41) is -5.83. The average molecular weight is 761 g/mol. The average Bonchev–Trinajstić information content (AvgIpc) is 3.33. The van der Waals surface area contributed by atoms with Crippen molar-refractivity contribution in [3.8, 4) is 0 Å². The summed E-state index contributed by atoms with van der Waals surface area (Å²) in [5.74, 6) is -3.96. The van der Waals surface area contributed by atoms with Crippen LogP contribution in [0.25, 0.3) is 0 Å². The van der Waals surface area contributed by atoms with Gasteiger partial charge >= 0.3 is 45.4 Å². The number of hydrogen-bond acceptors (Lipinski definition) is 10. The minimum Gasteiger partial charge on any atom is -0.463 e. The molecule has 0 amide bonds. The maximum absolute atomic E-state index is 14.1. The van der Waals surface area contributed by atoms with Crippen LogP contribution >= 0.6 is 0 Å². The Bertz CT molecular complexity index is 1450. The first-order valence-corrected chi connectivity index (χ1v) is 18.9. The summed E-state index contributed by atoms with van der Waals surface area (Å²) in [4.78, 5) is 49.4. The zero-order valence-electron chi connectivity index (χ0n) is 29.7. The van der Waals surface area contributed by atoms with E-state index < -0.39 is 69.6 Å². The molecule has 4 aliphatic rings.